The zero-order chi connectivity index (χ0) is 16.1. The lowest BCUT2D eigenvalue weighted by atomic mass is 10.1. The summed E-state index contributed by atoms with van der Waals surface area (Å²) < 4.78 is 5.24. The standard InChI is InChI=1S/C16H24N2O3S/c1-4-7-17-15(19)12-10-22-14(9-11(2)3)18(12)16(20)13-6-5-8-21-13/h5-6,8,11-12,14H,4,7,9-10H2,1-3H3,(H,17,19). The van der Waals surface area contributed by atoms with E-state index in [1.54, 1.807) is 28.8 Å². The average Bonchev–Trinajstić information content (AvgIpc) is 3.12. The lowest BCUT2D eigenvalue weighted by molar-refractivity contribution is -0.124. The van der Waals surface area contributed by atoms with Crippen LogP contribution in [0.25, 0.3) is 0 Å². The Labute approximate surface area is 135 Å². The van der Waals surface area contributed by atoms with Crippen molar-refractivity contribution in [1.29, 1.82) is 0 Å². The van der Waals surface area contributed by atoms with Crippen molar-refractivity contribution >= 4 is 23.6 Å². The number of amides is 2. The van der Waals surface area contributed by atoms with E-state index in [9.17, 15) is 9.59 Å². The quantitative estimate of drug-likeness (QED) is 0.874. The molecule has 0 aromatic carbocycles. The second kappa shape index (κ2) is 7.72. The summed E-state index contributed by atoms with van der Waals surface area (Å²) in [5.41, 5.74) is 0. The first-order valence-electron chi connectivity index (χ1n) is 7.80. The van der Waals surface area contributed by atoms with E-state index in [4.69, 9.17) is 4.42 Å². The Balaban J connectivity index is 2.18. The van der Waals surface area contributed by atoms with E-state index in [1.807, 2.05) is 6.92 Å². The van der Waals surface area contributed by atoms with Gasteiger partial charge in [-0.05, 0) is 30.9 Å². The summed E-state index contributed by atoms with van der Waals surface area (Å²) in [4.78, 5) is 26.8. The third-order valence-corrected chi connectivity index (χ3v) is 4.90. The van der Waals surface area contributed by atoms with E-state index in [2.05, 4.69) is 19.2 Å². The fourth-order valence-electron chi connectivity index (χ4n) is 2.52. The highest BCUT2D eigenvalue weighted by Crippen LogP contribution is 2.34. The Morgan fingerprint density at radius 1 is 1.50 bits per heavy atom. The van der Waals surface area contributed by atoms with Crippen LogP contribution in [0.15, 0.2) is 22.8 Å². The Hall–Kier alpha value is -1.43. The SMILES string of the molecule is CCCNC(=O)C1CSC(CC(C)C)N1C(=O)c1ccco1. The molecular weight excluding hydrogens is 300 g/mol. The van der Waals surface area contributed by atoms with E-state index in [1.165, 1.54) is 6.26 Å². The third-order valence-electron chi connectivity index (χ3n) is 3.58. The Kier molecular flexibility index (Phi) is 5.94. The van der Waals surface area contributed by atoms with Crippen LogP contribution in [0.2, 0.25) is 0 Å². The minimum Gasteiger partial charge on any atom is -0.459 e. The minimum atomic E-state index is -0.419. The van der Waals surface area contributed by atoms with Crippen LogP contribution < -0.4 is 5.32 Å². The van der Waals surface area contributed by atoms with Crippen molar-refractivity contribution in [2.24, 2.45) is 5.92 Å². The molecule has 0 saturated carbocycles. The highest BCUT2D eigenvalue weighted by molar-refractivity contribution is 8.00. The van der Waals surface area contributed by atoms with Crippen LogP contribution in [-0.2, 0) is 4.79 Å². The molecular formula is C16H24N2O3S. The lowest BCUT2D eigenvalue weighted by Gasteiger charge is -2.29. The molecule has 2 unspecified atom stereocenters. The van der Waals surface area contributed by atoms with Gasteiger partial charge in [-0.25, -0.2) is 0 Å². The van der Waals surface area contributed by atoms with Gasteiger partial charge in [-0.2, -0.15) is 0 Å². The van der Waals surface area contributed by atoms with Crippen LogP contribution in [0.4, 0.5) is 0 Å². The Bertz CT molecular complexity index is 501. The van der Waals surface area contributed by atoms with Gasteiger partial charge in [0.2, 0.25) is 5.91 Å². The zero-order valence-corrected chi connectivity index (χ0v) is 14.2. The molecule has 2 heterocycles. The molecule has 6 heteroatoms. The molecule has 1 aliphatic heterocycles. The molecule has 1 fully saturated rings. The number of rotatable bonds is 6. The van der Waals surface area contributed by atoms with Crippen molar-refractivity contribution in [1.82, 2.24) is 10.2 Å². The first kappa shape index (κ1) is 16.9. The van der Waals surface area contributed by atoms with Crippen LogP contribution in [0, 0.1) is 5.92 Å². The second-order valence-electron chi connectivity index (χ2n) is 5.91. The van der Waals surface area contributed by atoms with Gasteiger partial charge >= 0.3 is 0 Å². The largest absolute Gasteiger partial charge is 0.459 e. The Morgan fingerprint density at radius 2 is 2.27 bits per heavy atom. The van der Waals surface area contributed by atoms with E-state index < -0.39 is 6.04 Å². The fraction of sp³-hybridized carbons (Fsp3) is 0.625. The molecule has 5 nitrogen and oxygen atoms in total. The summed E-state index contributed by atoms with van der Waals surface area (Å²) in [6, 6.07) is 2.93. The van der Waals surface area contributed by atoms with E-state index >= 15 is 0 Å². The summed E-state index contributed by atoms with van der Waals surface area (Å²) >= 11 is 1.68. The average molecular weight is 324 g/mol. The molecule has 2 rings (SSSR count). The summed E-state index contributed by atoms with van der Waals surface area (Å²) in [7, 11) is 0. The van der Waals surface area contributed by atoms with Crippen molar-refractivity contribution in [3.63, 3.8) is 0 Å². The molecule has 0 aliphatic carbocycles. The van der Waals surface area contributed by atoms with Crippen molar-refractivity contribution in [2.45, 2.75) is 45.0 Å². The van der Waals surface area contributed by atoms with Gasteiger partial charge in [0.05, 0.1) is 11.6 Å². The zero-order valence-electron chi connectivity index (χ0n) is 13.4. The van der Waals surface area contributed by atoms with Crippen LogP contribution in [0.5, 0.6) is 0 Å². The summed E-state index contributed by atoms with van der Waals surface area (Å²) in [6.45, 7) is 6.90. The number of nitrogens with one attached hydrogen (secondary N) is 1. The fourth-order valence-corrected chi connectivity index (χ4v) is 4.16. The maximum atomic E-state index is 12.7. The van der Waals surface area contributed by atoms with E-state index in [0.717, 1.165) is 12.8 Å². The van der Waals surface area contributed by atoms with Gasteiger partial charge in [-0.1, -0.05) is 20.8 Å². The normalized spacial score (nSPS) is 21.4. The molecule has 1 N–H and O–H groups in total. The monoisotopic (exact) mass is 324 g/mol. The van der Waals surface area contributed by atoms with Crippen LogP contribution in [0.1, 0.15) is 44.2 Å². The van der Waals surface area contributed by atoms with Crippen LogP contribution in [0.3, 0.4) is 0 Å². The highest BCUT2D eigenvalue weighted by atomic mass is 32.2. The van der Waals surface area contributed by atoms with Gasteiger partial charge in [-0.15, -0.1) is 11.8 Å². The minimum absolute atomic E-state index is 0.0231. The molecule has 0 bridgehead atoms. The van der Waals surface area contributed by atoms with Gasteiger partial charge in [-0.3, -0.25) is 9.59 Å². The molecule has 1 aliphatic rings. The number of carbonyl (C=O) groups excluding carboxylic acids is 2. The number of hydrogen-bond donors (Lipinski definition) is 1. The first-order chi connectivity index (χ1) is 10.5. The number of nitrogens with zero attached hydrogens (tertiary/aromatic N) is 1. The second-order valence-corrected chi connectivity index (χ2v) is 7.12. The molecule has 122 valence electrons. The van der Waals surface area contributed by atoms with E-state index in [-0.39, 0.29) is 17.2 Å². The molecule has 22 heavy (non-hydrogen) atoms. The van der Waals surface area contributed by atoms with Gasteiger partial charge in [0.25, 0.3) is 5.91 Å². The van der Waals surface area contributed by atoms with Crippen molar-refractivity contribution in [3.05, 3.63) is 24.2 Å². The van der Waals surface area contributed by atoms with E-state index in [0.29, 0.717) is 24.0 Å². The third kappa shape index (κ3) is 3.85. The van der Waals surface area contributed by atoms with Crippen molar-refractivity contribution < 1.29 is 14.0 Å². The smallest absolute Gasteiger partial charge is 0.291 e. The van der Waals surface area contributed by atoms with Gasteiger partial charge < -0.3 is 14.6 Å². The van der Waals surface area contributed by atoms with Gasteiger partial charge in [0.15, 0.2) is 5.76 Å². The molecule has 2 amide bonds. The first-order valence-corrected chi connectivity index (χ1v) is 8.85. The molecule has 0 radical (unpaired) electrons. The Morgan fingerprint density at radius 3 is 2.86 bits per heavy atom. The number of carbonyl (C=O) groups is 2. The van der Waals surface area contributed by atoms with Crippen LogP contribution >= 0.6 is 11.8 Å². The van der Waals surface area contributed by atoms with Crippen molar-refractivity contribution in [2.75, 3.05) is 12.3 Å². The molecule has 2 atom stereocenters. The predicted molar refractivity (Wildman–Crippen MR) is 87.7 cm³/mol. The molecule has 1 saturated heterocycles. The van der Waals surface area contributed by atoms with Gasteiger partial charge in [0, 0.05) is 12.3 Å². The predicted octanol–water partition coefficient (Wildman–Crippen LogP) is 2.74. The van der Waals surface area contributed by atoms with Gasteiger partial charge in [0.1, 0.15) is 6.04 Å². The molecule has 0 spiro atoms. The summed E-state index contributed by atoms with van der Waals surface area (Å²) in [5.74, 6) is 1.13. The number of thioether (sulfide) groups is 1. The summed E-state index contributed by atoms with van der Waals surface area (Å²) in [5, 5.41) is 2.92. The summed E-state index contributed by atoms with van der Waals surface area (Å²) in [6.07, 6.45) is 3.24. The number of furan rings is 1. The lowest BCUT2D eigenvalue weighted by Crippen LogP contribution is -2.50. The highest BCUT2D eigenvalue weighted by Gasteiger charge is 2.42. The maximum absolute atomic E-state index is 12.7. The molecule has 1 aromatic heterocycles. The van der Waals surface area contributed by atoms with Crippen molar-refractivity contribution in [3.8, 4) is 0 Å². The van der Waals surface area contributed by atoms with Crippen LogP contribution in [-0.4, -0.2) is 40.4 Å². The topological polar surface area (TPSA) is 62.6 Å². The number of hydrogen-bond acceptors (Lipinski definition) is 4. The molecule has 1 aromatic rings. The maximum Gasteiger partial charge on any atom is 0.291 e.